The van der Waals surface area contributed by atoms with Crippen LogP contribution >= 0.6 is 0 Å². The fraction of sp³-hybridized carbons (Fsp3) is 0.0667. The summed E-state index contributed by atoms with van der Waals surface area (Å²) < 4.78 is 20.1. The van der Waals surface area contributed by atoms with E-state index >= 15 is 0 Å². The molecule has 2 aromatic heterocycles. The van der Waals surface area contributed by atoms with Crippen molar-refractivity contribution in [2.24, 2.45) is 0 Å². The first-order chi connectivity index (χ1) is 10.2. The number of furan rings is 1. The monoisotopic (exact) mass is 285 g/mol. The summed E-state index contributed by atoms with van der Waals surface area (Å²) in [6, 6.07) is 11.3. The molecule has 5 nitrogen and oxygen atoms in total. The van der Waals surface area contributed by atoms with Gasteiger partial charge in [-0.3, -0.25) is 9.48 Å². The van der Waals surface area contributed by atoms with Gasteiger partial charge in [0.25, 0.3) is 5.91 Å². The third kappa shape index (κ3) is 3.00. The standard InChI is InChI=1S/C15H12FN3O2/c16-12-5-2-1-4-11(12)10-19-8-7-14(18-19)17-15(20)13-6-3-9-21-13/h1-9H,10H2,(H,17,18,20). The van der Waals surface area contributed by atoms with Gasteiger partial charge in [-0.1, -0.05) is 18.2 Å². The quantitative estimate of drug-likeness (QED) is 0.801. The molecule has 0 fully saturated rings. The van der Waals surface area contributed by atoms with E-state index in [2.05, 4.69) is 10.4 Å². The number of amides is 1. The fourth-order valence-electron chi connectivity index (χ4n) is 1.90. The second-order valence-corrected chi connectivity index (χ2v) is 4.42. The van der Waals surface area contributed by atoms with Crippen LogP contribution in [0.5, 0.6) is 0 Å². The molecule has 1 aromatic carbocycles. The number of carbonyl (C=O) groups is 1. The number of hydrogen-bond acceptors (Lipinski definition) is 3. The van der Waals surface area contributed by atoms with Crippen molar-refractivity contribution in [3.8, 4) is 0 Å². The summed E-state index contributed by atoms with van der Waals surface area (Å²) in [6.45, 7) is 0.295. The maximum Gasteiger partial charge on any atom is 0.292 e. The highest BCUT2D eigenvalue weighted by molar-refractivity contribution is 6.01. The summed E-state index contributed by atoms with van der Waals surface area (Å²) in [7, 11) is 0. The minimum absolute atomic E-state index is 0.207. The normalized spacial score (nSPS) is 10.5. The van der Waals surface area contributed by atoms with Crippen molar-refractivity contribution in [2.75, 3.05) is 5.32 Å². The van der Waals surface area contributed by atoms with E-state index in [0.29, 0.717) is 17.9 Å². The molecule has 0 radical (unpaired) electrons. The zero-order valence-corrected chi connectivity index (χ0v) is 11.0. The van der Waals surface area contributed by atoms with Crippen LogP contribution in [0.15, 0.2) is 59.3 Å². The van der Waals surface area contributed by atoms with Gasteiger partial charge in [0.05, 0.1) is 12.8 Å². The Morgan fingerprint density at radius 3 is 2.86 bits per heavy atom. The zero-order valence-electron chi connectivity index (χ0n) is 11.0. The molecule has 106 valence electrons. The van der Waals surface area contributed by atoms with Crippen LogP contribution in [0.25, 0.3) is 0 Å². The third-order valence-electron chi connectivity index (χ3n) is 2.92. The molecule has 1 amide bonds. The molecule has 0 spiro atoms. The Balaban J connectivity index is 1.69. The Bertz CT molecular complexity index is 750. The number of carbonyl (C=O) groups excluding carboxylic acids is 1. The van der Waals surface area contributed by atoms with Crippen molar-refractivity contribution in [3.63, 3.8) is 0 Å². The largest absolute Gasteiger partial charge is 0.459 e. The van der Waals surface area contributed by atoms with Crippen LogP contribution in [0.2, 0.25) is 0 Å². The zero-order chi connectivity index (χ0) is 14.7. The number of hydrogen-bond donors (Lipinski definition) is 1. The van der Waals surface area contributed by atoms with Crippen LogP contribution in [0, 0.1) is 5.82 Å². The minimum Gasteiger partial charge on any atom is -0.459 e. The van der Waals surface area contributed by atoms with Gasteiger partial charge in [0, 0.05) is 17.8 Å². The van der Waals surface area contributed by atoms with Crippen molar-refractivity contribution in [1.82, 2.24) is 9.78 Å². The molecule has 0 aliphatic carbocycles. The lowest BCUT2D eigenvalue weighted by Gasteiger charge is -2.03. The Labute approximate surface area is 120 Å². The van der Waals surface area contributed by atoms with Gasteiger partial charge >= 0.3 is 0 Å². The molecule has 0 saturated heterocycles. The lowest BCUT2D eigenvalue weighted by Crippen LogP contribution is -2.12. The summed E-state index contributed by atoms with van der Waals surface area (Å²) in [4.78, 5) is 11.8. The van der Waals surface area contributed by atoms with Crippen molar-refractivity contribution < 1.29 is 13.6 Å². The van der Waals surface area contributed by atoms with Crippen LogP contribution in [0.4, 0.5) is 10.2 Å². The molecule has 3 rings (SSSR count). The Morgan fingerprint density at radius 1 is 1.24 bits per heavy atom. The minimum atomic E-state index is -0.379. The van der Waals surface area contributed by atoms with E-state index in [1.54, 1.807) is 47.3 Å². The van der Waals surface area contributed by atoms with E-state index < -0.39 is 0 Å². The fourth-order valence-corrected chi connectivity index (χ4v) is 1.90. The molecule has 3 aromatic rings. The molecule has 21 heavy (non-hydrogen) atoms. The van der Waals surface area contributed by atoms with Gasteiger partial charge in [-0.15, -0.1) is 0 Å². The first-order valence-electron chi connectivity index (χ1n) is 6.34. The maximum absolute atomic E-state index is 13.6. The molecule has 2 heterocycles. The molecule has 0 atom stereocenters. The highest BCUT2D eigenvalue weighted by Gasteiger charge is 2.10. The number of rotatable bonds is 4. The summed E-state index contributed by atoms with van der Waals surface area (Å²) in [6.07, 6.45) is 3.09. The summed E-state index contributed by atoms with van der Waals surface area (Å²) in [5.41, 5.74) is 0.532. The third-order valence-corrected chi connectivity index (χ3v) is 2.92. The second kappa shape index (κ2) is 5.62. The molecule has 0 aliphatic heterocycles. The van der Waals surface area contributed by atoms with Gasteiger partial charge < -0.3 is 9.73 Å². The van der Waals surface area contributed by atoms with Gasteiger partial charge in [-0.2, -0.15) is 5.10 Å². The molecule has 1 N–H and O–H groups in total. The van der Waals surface area contributed by atoms with Gasteiger partial charge in [0.15, 0.2) is 11.6 Å². The van der Waals surface area contributed by atoms with Crippen LogP contribution in [-0.4, -0.2) is 15.7 Å². The van der Waals surface area contributed by atoms with E-state index in [-0.39, 0.29) is 17.5 Å². The summed E-state index contributed by atoms with van der Waals surface area (Å²) >= 11 is 0. The van der Waals surface area contributed by atoms with E-state index in [1.807, 2.05) is 0 Å². The molecule has 0 bridgehead atoms. The second-order valence-electron chi connectivity index (χ2n) is 4.42. The Kier molecular flexibility index (Phi) is 3.51. The van der Waals surface area contributed by atoms with Gasteiger partial charge in [-0.05, 0) is 18.2 Å². The van der Waals surface area contributed by atoms with Crippen molar-refractivity contribution in [3.05, 3.63) is 72.1 Å². The molecule has 6 heteroatoms. The van der Waals surface area contributed by atoms with Crippen molar-refractivity contribution in [2.45, 2.75) is 6.54 Å². The average molecular weight is 285 g/mol. The van der Waals surface area contributed by atoms with Crippen molar-refractivity contribution >= 4 is 11.7 Å². The number of nitrogens with zero attached hydrogens (tertiary/aromatic N) is 2. The van der Waals surface area contributed by atoms with E-state index in [1.165, 1.54) is 12.3 Å². The predicted octanol–water partition coefficient (Wildman–Crippen LogP) is 2.92. The van der Waals surface area contributed by atoms with Gasteiger partial charge in [0.2, 0.25) is 0 Å². The lowest BCUT2D eigenvalue weighted by molar-refractivity contribution is 0.0996. The average Bonchev–Trinajstić information content (AvgIpc) is 3.13. The van der Waals surface area contributed by atoms with E-state index in [0.717, 1.165) is 0 Å². The number of benzene rings is 1. The lowest BCUT2D eigenvalue weighted by atomic mass is 10.2. The highest BCUT2D eigenvalue weighted by atomic mass is 19.1. The Morgan fingerprint density at radius 2 is 2.10 bits per heavy atom. The molecular weight excluding hydrogens is 273 g/mol. The maximum atomic E-state index is 13.6. The van der Waals surface area contributed by atoms with Crippen LogP contribution < -0.4 is 5.32 Å². The van der Waals surface area contributed by atoms with Gasteiger partial charge in [0.1, 0.15) is 5.82 Å². The molecule has 0 unspecified atom stereocenters. The Hall–Kier alpha value is -2.89. The van der Waals surface area contributed by atoms with Gasteiger partial charge in [-0.25, -0.2) is 4.39 Å². The first-order valence-corrected chi connectivity index (χ1v) is 6.34. The number of nitrogens with one attached hydrogen (secondary N) is 1. The van der Waals surface area contributed by atoms with Crippen LogP contribution in [0.3, 0.4) is 0 Å². The van der Waals surface area contributed by atoms with E-state index in [4.69, 9.17) is 4.42 Å². The summed E-state index contributed by atoms with van der Waals surface area (Å²) in [5.74, 6) is -0.0725. The smallest absolute Gasteiger partial charge is 0.292 e. The number of anilines is 1. The van der Waals surface area contributed by atoms with Crippen LogP contribution in [0.1, 0.15) is 16.1 Å². The van der Waals surface area contributed by atoms with Crippen molar-refractivity contribution in [1.29, 1.82) is 0 Å². The predicted molar refractivity (Wildman–Crippen MR) is 74.4 cm³/mol. The molecule has 0 aliphatic rings. The highest BCUT2D eigenvalue weighted by Crippen LogP contribution is 2.11. The number of halogens is 1. The number of aromatic nitrogens is 2. The first kappa shape index (κ1) is 13.1. The summed E-state index contributed by atoms with van der Waals surface area (Å²) in [5, 5.41) is 6.78. The van der Waals surface area contributed by atoms with E-state index in [9.17, 15) is 9.18 Å². The molecule has 0 saturated carbocycles. The molecular formula is C15H12FN3O2. The topological polar surface area (TPSA) is 60.1 Å². The van der Waals surface area contributed by atoms with Crippen LogP contribution in [-0.2, 0) is 6.54 Å². The SMILES string of the molecule is O=C(Nc1ccn(Cc2ccccc2F)n1)c1ccco1.